The highest BCUT2D eigenvalue weighted by Gasteiger charge is 2.11. The van der Waals surface area contributed by atoms with Crippen LogP contribution in [0, 0.1) is 6.92 Å². The predicted molar refractivity (Wildman–Crippen MR) is 103 cm³/mol. The van der Waals surface area contributed by atoms with Crippen molar-refractivity contribution in [1.82, 2.24) is 15.0 Å². The largest absolute Gasteiger partial charge is 0.365 e. The number of nitrogens with one attached hydrogen (secondary N) is 2. The summed E-state index contributed by atoms with van der Waals surface area (Å²) >= 11 is 5.95. The summed E-state index contributed by atoms with van der Waals surface area (Å²) in [6, 6.07) is 19.9. The Labute approximate surface area is 150 Å². The maximum atomic E-state index is 5.95. The summed E-state index contributed by atoms with van der Waals surface area (Å²) in [5, 5.41) is 5.16. The molecule has 2 heterocycles. The quantitative estimate of drug-likeness (QED) is 0.533. The van der Waals surface area contributed by atoms with Gasteiger partial charge in [-0.2, -0.15) is 0 Å². The zero-order valence-corrected chi connectivity index (χ0v) is 14.5. The van der Waals surface area contributed by atoms with Crippen molar-refractivity contribution in [3.8, 4) is 11.4 Å². The highest BCUT2D eigenvalue weighted by Crippen LogP contribution is 2.26. The van der Waals surface area contributed by atoms with Gasteiger partial charge >= 0.3 is 0 Å². The van der Waals surface area contributed by atoms with Gasteiger partial charge in [0.1, 0.15) is 11.5 Å². The molecule has 2 N–H and O–H groups in total. The standard InChI is InChI=1S/C20H17ClN4/c1-13-11-17-19(22-12-14-7-9-16(21)10-8-14)24-18(25-20(17)23-13)15-5-3-2-4-6-15/h2-11H,12H2,1H3,(H2,22,23,24,25). The van der Waals surface area contributed by atoms with Gasteiger partial charge in [-0.05, 0) is 30.7 Å². The topological polar surface area (TPSA) is 53.6 Å². The van der Waals surface area contributed by atoms with E-state index in [9.17, 15) is 0 Å². The molecule has 0 unspecified atom stereocenters. The van der Waals surface area contributed by atoms with Crippen LogP contribution in [-0.4, -0.2) is 15.0 Å². The van der Waals surface area contributed by atoms with Crippen LogP contribution in [0.2, 0.25) is 5.02 Å². The van der Waals surface area contributed by atoms with E-state index in [-0.39, 0.29) is 0 Å². The molecule has 124 valence electrons. The van der Waals surface area contributed by atoms with Gasteiger partial charge in [0.2, 0.25) is 0 Å². The fraction of sp³-hybridized carbons (Fsp3) is 0.100. The van der Waals surface area contributed by atoms with E-state index in [1.54, 1.807) is 0 Å². The number of hydrogen-bond acceptors (Lipinski definition) is 3. The highest BCUT2D eigenvalue weighted by molar-refractivity contribution is 6.30. The number of fused-ring (bicyclic) bond motifs is 1. The highest BCUT2D eigenvalue weighted by atomic mass is 35.5. The number of aromatic amines is 1. The molecule has 0 saturated heterocycles. The summed E-state index contributed by atoms with van der Waals surface area (Å²) in [5.41, 5.74) is 4.03. The van der Waals surface area contributed by atoms with Gasteiger partial charge in [0.15, 0.2) is 5.82 Å². The van der Waals surface area contributed by atoms with Crippen LogP contribution in [-0.2, 0) is 6.54 Å². The normalized spacial score (nSPS) is 11.0. The SMILES string of the molecule is Cc1cc2c(NCc3ccc(Cl)cc3)nc(-c3ccccc3)nc2[nH]1. The van der Waals surface area contributed by atoms with Crippen LogP contribution in [0.1, 0.15) is 11.3 Å². The minimum Gasteiger partial charge on any atom is -0.365 e. The summed E-state index contributed by atoms with van der Waals surface area (Å²) in [4.78, 5) is 12.7. The van der Waals surface area contributed by atoms with E-state index in [1.165, 1.54) is 0 Å². The number of aryl methyl sites for hydroxylation is 1. The maximum Gasteiger partial charge on any atom is 0.163 e. The Hall–Kier alpha value is -2.85. The molecule has 4 rings (SSSR count). The van der Waals surface area contributed by atoms with Crippen molar-refractivity contribution in [3.05, 3.63) is 76.9 Å². The second-order valence-electron chi connectivity index (χ2n) is 5.96. The Bertz CT molecular complexity index is 1010. The number of halogens is 1. The number of rotatable bonds is 4. The number of nitrogens with zero attached hydrogens (tertiary/aromatic N) is 2. The maximum absolute atomic E-state index is 5.95. The number of anilines is 1. The van der Waals surface area contributed by atoms with E-state index < -0.39 is 0 Å². The fourth-order valence-corrected chi connectivity index (χ4v) is 2.91. The molecule has 0 aliphatic heterocycles. The lowest BCUT2D eigenvalue weighted by atomic mass is 10.2. The second-order valence-corrected chi connectivity index (χ2v) is 6.39. The number of aromatic nitrogens is 3. The van der Waals surface area contributed by atoms with Crippen LogP contribution in [0.4, 0.5) is 5.82 Å². The third-order valence-corrected chi connectivity index (χ3v) is 4.28. The van der Waals surface area contributed by atoms with Gasteiger partial charge in [0, 0.05) is 22.8 Å². The Morgan fingerprint density at radius 1 is 1.00 bits per heavy atom. The molecule has 0 saturated carbocycles. The first-order valence-electron chi connectivity index (χ1n) is 8.10. The van der Waals surface area contributed by atoms with Crippen LogP contribution >= 0.6 is 11.6 Å². The first-order valence-corrected chi connectivity index (χ1v) is 8.48. The van der Waals surface area contributed by atoms with E-state index in [0.29, 0.717) is 12.4 Å². The Morgan fingerprint density at radius 2 is 1.76 bits per heavy atom. The van der Waals surface area contributed by atoms with E-state index in [4.69, 9.17) is 16.6 Å². The van der Waals surface area contributed by atoms with Gasteiger partial charge in [-0.1, -0.05) is 54.1 Å². The van der Waals surface area contributed by atoms with E-state index in [2.05, 4.69) is 21.4 Å². The first-order chi connectivity index (χ1) is 12.2. The second kappa shape index (κ2) is 6.57. The van der Waals surface area contributed by atoms with Gasteiger partial charge in [0.25, 0.3) is 0 Å². The lowest BCUT2D eigenvalue weighted by Crippen LogP contribution is -2.03. The van der Waals surface area contributed by atoms with E-state index in [1.807, 2.05) is 61.5 Å². The van der Waals surface area contributed by atoms with Crippen molar-refractivity contribution in [3.63, 3.8) is 0 Å². The smallest absolute Gasteiger partial charge is 0.163 e. The molecule has 0 bridgehead atoms. The van der Waals surface area contributed by atoms with Crippen LogP contribution in [0.15, 0.2) is 60.7 Å². The number of hydrogen-bond donors (Lipinski definition) is 2. The molecule has 0 fully saturated rings. The molecule has 5 heteroatoms. The van der Waals surface area contributed by atoms with Crippen LogP contribution < -0.4 is 5.32 Å². The minimum absolute atomic E-state index is 0.668. The lowest BCUT2D eigenvalue weighted by molar-refractivity contribution is 1.10. The average Bonchev–Trinajstić information content (AvgIpc) is 3.02. The molecule has 2 aromatic carbocycles. The molecule has 2 aromatic heterocycles. The van der Waals surface area contributed by atoms with Crippen LogP contribution in [0.5, 0.6) is 0 Å². The van der Waals surface area contributed by atoms with E-state index >= 15 is 0 Å². The monoisotopic (exact) mass is 348 g/mol. The van der Waals surface area contributed by atoms with Crippen molar-refractivity contribution in [2.24, 2.45) is 0 Å². The molecular formula is C20H17ClN4. The third-order valence-electron chi connectivity index (χ3n) is 4.03. The van der Waals surface area contributed by atoms with Crippen molar-refractivity contribution in [2.45, 2.75) is 13.5 Å². The van der Waals surface area contributed by atoms with Crippen molar-refractivity contribution >= 4 is 28.5 Å². The molecular weight excluding hydrogens is 332 g/mol. The number of H-pyrrole nitrogens is 1. The van der Waals surface area contributed by atoms with Crippen LogP contribution in [0.3, 0.4) is 0 Å². The molecule has 0 aliphatic carbocycles. The molecule has 0 spiro atoms. The van der Waals surface area contributed by atoms with Gasteiger partial charge < -0.3 is 10.3 Å². The van der Waals surface area contributed by atoms with Crippen molar-refractivity contribution in [2.75, 3.05) is 5.32 Å². The summed E-state index contributed by atoms with van der Waals surface area (Å²) in [6.07, 6.45) is 0. The minimum atomic E-state index is 0.668. The number of benzene rings is 2. The lowest BCUT2D eigenvalue weighted by Gasteiger charge is -2.09. The molecule has 0 amide bonds. The van der Waals surface area contributed by atoms with E-state index in [0.717, 1.165) is 38.7 Å². The zero-order chi connectivity index (χ0) is 17.2. The Morgan fingerprint density at radius 3 is 2.52 bits per heavy atom. The predicted octanol–water partition coefficient (Wildman–Crippen LogP) is 5.20. The summed E-state index contributed by atoms with van der Waals surface area (Å²) in [7, 11) is 0. The Balaban J connectivity index is 1.72. The molecule has 25 heavy (non-hydrogen) atoms. The first kappa shape index (κ1) is 15.7. The van der Waals surface area contributed by atoms with Gasteiger partial charge in [-0.15, -0.1) is 0 Å². The molecule has 4 aromatic rings. The molecule has 0 aliphatic rings. The third kappa shape index (κ3) is 3.35. The van der Waals surface area contributed by atoms with Gasteiger partial charge in [-0.3, -0.25) is 0 Å². The van der Waals surface area contributed by atoms with Gasteiger partial charge in [0.05, 0.1) is 5.39 Å². The van der Waals surface area contributed by atoms with Crippen molar-refractivity contribution in [1.29, 1.82) is 0 Å². The van der Waals surface area contributed by atoms with Crippen molar-refractivity contribution < 1.29 is 0 Å². The summed E-state index contributed by atoms with van der Waals surface area (Å²) < 4.78 is 0. The summed E-state index contributed by atoms with van der Waals surface area (Å²) in [5.74, 6) is 1.52. The van der Waals surface area contributed by atoms with Gasteiger partial charge in [-0.25, -0.2) is 9.97 Å². The Kier molecular flexibility index (Phi) is 4.12. The average molecular weight is 349 g/mol. The van der Waals surface area contributed by atoms with Crippen LogP contribution in [0.25, 0.3) is 22.4 Å². The molecule has 0 radical (unpaired) electrons. The molecule has 4 nitrogen and oxygen atoms in total. The fourth-order valence-electron chi connectivity index (χ4n) is 2.78. The summed E-state index contributed by atoms with van der Waals surface area (Å²) in [6.45, 7) is 2.69. The zero-order valence-electron chi connectivity index (χ0n) is 13.8. The molecule has 0 atom stereocenters.